The number of hydrogen-bond donors (Lipinski definition) is 1. The summed E-state index contributed by atoms with van der Waals surface area (Å²) in [7, 11) is 0. The Balaban J connectivity index is 2.51. The molecule has 0 fully saturated rings. The van der Waals surface area contributed by atoms with Gasteiger partial charge in [0.15, 0.2) is 0 Å². The Bertz CT molecular complexity index is 249. The van der Waals surface area contributed by atoms with E-state index in [-0.39, 0.29) is 0 Å². The number of nitrogens with one attached hydrogen (secondary N) is 1. The van der Waals surface area contributed by atoms with E-state index in [1.807, 2.05) is 6.07 Å². The third kappa shape index (κ3) is 0.814. The van der Waals surface area contributed by atoms with E-state index < -0.39 is 0 Å². The van der Waals surface area contributed by atoms with E-state index in [1.54, 1.807) is 6.20 Å². The molecule has 0 amide bonds. The Hall–Kier alpha value is -0.570. The van der Waals surface area contributed by atoms with Crippen molar-refractivity contribution in [3.8, 4) is 0 Å². The summed E-state index contributed by atoms with van der Waals surface area (Å²) in [5, 5.41) is 3.19. The van der Waals surface area contributed by atoms with Crippen LogP contribution < -0.4 is 5.32 Å². The van der Waals surface area contributed by atoms with Gasteiger partial charge in [-0.3, -0.25) is 0 Å². The van der Waals surface area contributed by atoms with E-state index in [4.69, 9.17) is 0 Å². The van der Waals surface area contributed by atoms with Gasteiger partial charge < -0.3 is 5.32 Å². The van der Waals surface area contributed by atoms with Crippen molar-refractivity contribution in [1.29, 1.82) is 0 Å². The second-order valence-corrected chi connectivity index (χ2v) is 3.39. The van der Waals surface area contributed by atoms with Crippen LogP contribution in [0.1, 0.15) is 10.4 Å². The zero-order valence-electron chi connectivity index (χ0n) is 5.34. The lowest BCUT2D eigenvalue weighted by Gasteiger charge is -1.96. The number of rotatable bonds is 0. The lowest BCUT2D eigenvalue weighted by molar-refractivity contribution is 1.09. The summed E-state index contributed by atoms with van der Waals surface area (Å²) in [5.41, 5.74) is 1.27. The lowest BCUT2D eigenvalue weighted by Crippen LogP contribution is -1.94. The van der Waals surface area contributed by atoms with Gasteiger partial charge in [0.2, 0.25) is 0 Å². The monoisotopic (exact) mass is 198 g/mol. The predicted octanol–water partition coefficient (Wildman–Crippen LogP) is 1.94. The molecule has 1 unspecified atom stereocenters. The summed E-state index contributed by atoms with van der Waals surface area (Å²) >= 11 is 3.53. The highest BCUT2D eigenvalue weighted by molar-refractivity contribution is 9.09. The number of aromatic nitrogens is 1. The maximum atomic E-state index is 4.17. The first-order valence-corrected chi connectivity index (χ1v) is 4.12. The number of fused-ring (bicyclic) bond motifs is 1. The van der Waals surface area contributed by atoms with Crippen molar-refractivity contribution in [3.63, 3.8) is 0 Å². The maximum Gasteiger partial charge on any atom is 0.130 e. The molecular weight excluding hydrogens is 192 g/mol. The summed E-state index contributed by atoms with van der Waals surface area (Å²) in [6, 6.07) is 4.04. The van der Waals surface area contributed by atoms with Gasteiger partial charge in [-0.25, -0.2) is 4.98 Å². The molecule has 1 aliphatic rings. The molecule has 2 nitrogen and oxygen atoms in total. The van der Waals surface area contributed by atoms with Gasteiger partial charge in [0.05, 0.1) is 4.83 Å². The molecule has 1 aromatic heterocycles. The van der Waals surface area contributed by atoms with Crippen LogP contribution in [-0.2, 0) is 0 Å². The molecule has 2 heterocycles. The third-order valence-corrected chi connectivity index (χ3v) is 2.44. The first-order valence-electron chi connectivity index (χ1n) is 3.21. The van der Waals surface area contributed by atoms with Crippen LogP contribution in [0.2, 0.25) is 0 Å². The number of halogens is 1. The molecule has 3 heteroatoms. The maximum absolute atomic E-state index is 4.17. The number of hydrogen-bond acceptors (Lipinski definition) is 2. The second kappa shape index (κ2) is 2.23. The Morgan fingerprint density at radius 2 is 2.60 bits per heavy atom. The fraction of sp³-hybridized carbons (Fsp3) is 0.286. The van der Waals surface area contributed by atoms with Gasteiger partial charge in [0.25, 0.3) is 0 Å². The molecule has 52 valence electrons. The van der Waals surface area contributed by atoms with Crippen molar-refractivity contribution in [2.45, 2.75) is 4.83 Å². The molecule has 0 bridgehead atoms. The molecule has 10 heavy (non-hydrogen) atoms. The minimum Gasteiger partial charge on any atom is -0.368 e. The van der Waals surface area contributed by atoms with Gasteiger partial charge in [-0.15, -0.1) is 0 Å². The standard InChI is InChI=1S/C7H7BrN2/c8-6-4-10-7-5(6)2-1-3-9-7/h1-3,6H,4H2,(H,9,10). The smallest absolute Gasteiger partial charge is 0.130 e. The Morgan fingerprint density at radius 3 is 3.40 bits per heavy atom. The van der Waals surface area contributed by atoms with Crippen LogP contribution in [0.4, 0.5) is 5.82 Å². The highest BCUT2D eigenvalue weighted by Crippen LogP contribution is 2.32. The molecule has 1 aliphatic heterocycles. The van der Waals surface area contributed by atoms with Crippen molar-refractivity contribution >= 4 is 21.7 Å². The minimum atomic E-state index is 0.441. The summed E-state index contributed by atoms with van der Waals surface area (Å²) in [4.78, 5) is 4.61. The number of alkyl halides is 1. The minimum absolute atomic E-state index is 0.441. The second-order valence-electron chi connectivity index (χ2n) is 2.29. The molecule has 0 aliphatic carbocycles. The Labute approximate surface area is 67.8 Å². The first-order chi connectivity index (χ1) is 4.88. The average molecular weight is 199 g/mol. The fourth-order valence-electron chi connectivity index (χ4n) is 1.11. The van der Waals surface area contributed by atoms with Gasteiger partial charge in [-0.1, -0.05) is 22.0 Å². The highest BCUT2D eigenvalue weighted by Gasteiger charge is 2.18. The van der Waals surface area contributed by atoms with Crippen LogP contribution in [0.5, 0.6) is 0 Å². The van der Waals surface area contributed by atoms with E-state index in [9.17, 15) is 0 Å². The lowest BCUT2D eigenvalue weighted by atomic mass is 10.2. The van der Waals surface area contributed by atoms with Crippen LogP contribution >= 0.6 is 15.9 Å². The van der Waals surface area contributed by atoms with Gasteiger partial charge in [0.1, 0.15) is 5.82 Å². The van der Waals surface area contributed by atoms with Crippen LogP contribution in [0.15, 0.2) is 18.3 Å². The van der Waals surface area contributed by atoms with Gasteiger partial charge in [-0.2, -0.15) is 0 Å². The topological polar surface area (TPSA) is 24.9 Å². The molecule has 1 N–H and O–H groups in total. The van der Waals surface area contributed by atoms with E-state index in [0.29, 0.717) is 4.83 Å². The van der Waals surface area contributed by atoms with Crippen LogP contribution in [0, 0.1) is 0 Å². The average Bonchev–Trinajstić information content (AvgIpc) is 2.34. The molecule has 2 rings (SSSR count). The quantitative estimate of drug-likeness (QED) is 0.646. The molecule has 0 aromatic carbocycles. The van der Waals surface area contributed by atoms with E-state index >= 15 is 0 Å². The van der Waals surface area contributed by atoms with Crippen LogP contribution in [0.3, 0.4) is 0 Å². The molecule has 1 aromatic rings. The van der Waals surface area contributed by atoms with E-state index in [1.165, 1.54) is 5.56 Å². The van der Waals surface area contributed by atoms with Crippen LogP contribution in [0.25, 0.3) is 0 Å². The summed E-state index contributed by atoms with van der Waals surface area (Å²) in [6.45, 7) is 0.951. The fourth-order valence-corrected chi connectivity index (χ4v) is 1.65. The molecular formula is C7H7BrN2. The zero-order valence-corrected chi connectivity index (χ0v) is 6.93. The van der Waals surface area contributed by atoms with E-state index in [0.717, 1.165) is 12.4 Å². The Morgan fingerprint density at radius 1 is 1.70 bits per heavy atom. The van der Waals surface area contributed by atoms with Crippen molar-refractivity contribution in [1.82, 2.24) is 4.98 Å². The molecule has 0 saturated heterocycles. The number of nitrogens with zero attached hydrogens (tertiary/aromatic N) is 1. The normalized spacial score (nSPS) is 21.9. The summed E-state index contributed by atoms with van der Waals surface area (Å²) < 4.78 is 0. The molecule has 0 saturated carbocycles. The number of pyridine rings is 1. The van der Waals surface area contributed by atoms with Gasteiger partial charge in [0, 0.05) is 18.3 Å². The van der Waals surface area contributed by atoms with Gasteiger partial charge in [-0.05, 0) is 6.07 Å². The largest absolute Gasteiger partial charge is 0.368 e. The Kier molecular flexibility index (Phi) is 1.38. The van der Waals surface area contributed by atoms with Crippen LogP contribution in [-0.4, -0.2) is 11.5 Å². The van der Waals surface area contributed by atoms with Crippen molar-refractivity contribution in [3.05, 3.63) is 23.9 Å². The van der Waals surface area contributed by atoms with Crippen molar-refractivity contribution < 1.29 is 0 Å². The summed E-state index contributed by atoms with van der Waals surface area (Å²) in [6.07, 6.45) is 1.80. The summed E-state index contributed by atoms with van der Waals surface area (Å²) in [5.74, 6) is 1.02. The molecule has 1 atom stereocenters. The zero-order chi connectivity index (χ0) is 6.97. The third-order valence-electron chi connectivity index (χ3n) is 1.63. The SMILES string of the molecule is BrC1CNc2ncccc21. The predicted molar refractivity (Wildman–Crippen MR) is 44.4 cm³/mol. The molecule has 0 radical (unpaired) electrons. The van der Waals surface area contributed by atoms with Gasteiger partial charge >= 0.3 is 0 Å². The molecule has 0 spiro atoms. The number of anilines is 1. The van der Waals surface area contributed by atoms with E-state index in [2.05, 4.69) is 32.3 Å². The van der Waals surface area contributed by atoms with Crippen molar-refractivity contribution in [2.24, 2.45) is 0 Å². The first kappa shape index (κ1) is 6.16. The highest BCUT2D eigenvalue weighted by atomic mass is 79.9. The van der Waals surface area contributed by atoms with Crippen molar-refractivity contribution in [2.75, 3.05) is 11.9 Å².